The van der Waals surface area contributed by atoms with Crippen LogP contribution in [0, 0.1) is 17.8 Å². The molecule has 0 amide bonds. The summed E-state index contributed by atoms with van der Waals surface area (Å²) in [6.07, 6.45) is 11.4. The Morgan fingerprint density at radius 3 is 1.14 bits per heavy atom. The second-order valence-electron chi connectivity index (χ2n) is 28.0. The molecule has 110 heavy (non-hydrogen) atoms. The number of fused-ring (bicyclic) bond motifs is 9. The number of carboxylic acids is 1. The minimum atomic E-state index is -3.29. The lowest BCUT2D eigenvalue weighted by atomic mass is 9.86. The second-order valence-corrected chi connectivity index (χ2v) is 33.4. The first kappa shape index (κ1) is 89.9. The van der Waals surface area contributed by atoms with Crippen molar-refractivity contribution in [3.05, 3.63) is 154 Å². The van der Waals surface area contributed by atoms with Gasteiger partial charge in [0.1, 0.15) is 52.3 Å². The van der Waals surface area contributed by atoms with Crippen molar-refractivity contribution in [3.8, 4) is 51.0 Å². The monoisotopic (exact) mass is 1640 g/mol. The van der Waals surface area contributed by atoms with E-state index in [4.69, 9.17) is 66.2 Å². The average molecular weight is 1640 g/mol. The van der Waals surface area contributed by atoms with Gasteiger partial charge in [-0.05, 0) is 110 Å². The topological polar surface area (TPSA) is 390 Å². The number of benzene rings is 3. The van der Waals surface area contributed by atoms with Gasteiger partial charge in [0.05, 0.1) is 114 Å². The van der Waals surface area contributed by atoms with E-state index in [1.165, 1.54) is 24.4 Å². The molecule has 10 heterocycles. The summed E-state index contributed by atoms with van der Waals surface area (Å²) in [4.78, 5) is 73.5. The maximum Gasteiger partial charge on any atom is 0.343 e. The summed E-state index contributed by atoms with van der Waals surface area (Å²) < 4.78 is 93.1. The van der Waals surface area contributed by atoms with Crippen molar-refractivity contribution in [2.24, 2.45) is 17.8 Å². The summed E-state index contributed by atoms with van der Waals surface area (Å²) in [5, 5.41) is 57.6. The third-order valence-electron chi connectivity index (χ3n) is 18.8. The summed E-state index contributed by atoms with van der Waals surface area (Å²) in [6.45, 7) is 20.4. The molecule has 28 nitrogen and oxygen atoms in total. The number of carbonyl (C=O) groups is 3. The van der Waals surface area contributed by atoms with E-state index in [1.807, 2.05) is 38.0 Å². The zero-order valence-electron chi connectivity index (χ0n) is 63.3. The predicted octanol–water partition coefficient (Wildman–Crippen LogP) is 9.50. The van der Waals surface area contributed by atoms with Crippen LogP contribution in [0.15, 0.2) is 87.6 Å². The van der Waals surface area contributed by atoms with Crippen LogP contribution < -0.4 is 25.8 Å². The normalized spacial score (nSPS) is 19.7. The van der Waals surface area contributed by atoms with E-state index in [9.17, 15) is 71.1 Å². The molecule has 3 unspecified atom stereocenters. The number of aliphatic hydroxyl groups excluding tert-OH is 4. The van der Waals surface area contributed by atoms with Crippen molar-refractivity contribution in [3.63, 3.8) is 0 Å². The molecule has 0 saturated carbocycles. The van der Waals surface area contributed by atoms with Crippen LogP contribution in [0.4, 0.5) is 0 Å². The Labute approximate surface area is 654 Å². The molecule has 0 spiro atoms. The van der Waals surface area contributed by atoms with Gasteiger partial charge in [0.25, 0.3) is 10.1 Å². The number of aromatic carboxylic acids is 1. The van der Waals surface area contributed by atoms with Gasteiger partial charge in [0.2, 0.25) is 9.05 Å². The van der Waals surface area contributed by atoms with Crippen molar-refractivity contribution in [2.45, 2.75) is 163 Å². The summed E-state index contributed by atoms with van der Waals surface area (Å²) >= 11 is 9.53. The summed E-state index contributed by atoms with van der Waals surface area (Å²) in [5.74, 6) is -0.340. The van der Waals surface area contributed by atoms with Crippen LogP contribution in [0.25, 0.3) is 33.8 Å². The number of aromatic hydroxyl groups is 1. The highest BCUT2D eigenvalue weighted by molar-refractivity contribution is 8.13. The van der Waals surface area contributed by atoms with Crippen LogP contribution in [0.3, 0.4) is 0 Å². The first-order valence-corrected chi connectivity index (χ1v) is 41.8. The molecule has 0 radical (unpaired) electrons. The first-order valence-electron chi connectivity index (χ1n) is 36.2. The first-order chi connectivity index (χ1) is 52.1. The smallest absolute Gasteiger partial charge is 0.343 e. The fourth-order valence-corrected chi connectivity index (χ4v) is 14.0. The summed E-state index contributed by atoms with van der Waals surface area (Å²) in [7, 11) is -1.98. The van der Waals surface area contributed by atoms with Gasteiger partial charge in [-0.2, -0.15) is 8.42 Å². The largest absolute Gasteiger partial charge is 0.508 e. The lowest BCUT2D eigenvalue weighted by molar-refractivity contribution is 0.0513. The van der Waals surface area contributed by atoms with E-state index >= 15 is 0 Å². The molecular weight excluding hydrogens is 1540 g/mol. The van der Waals surface area contributed by atoms with Crippen molar-refractivity contribution >= 4 is 71.0 Å². The van der Waals surface area contributed by atoms with Crippen molar-refractivity contribution in [2.75, 3.05) is 83.9 Å². The number of nitrogens with zero attached hydrogens (tertiary/aromatic N) is 3. The van der Waals surface area contributed by atoms with Crippen LogP contribution in [-0.2, 0) is 90.9 Å². The number of esters is 2. The summed E-state index contributed by atoms with van der Waals surface area (Å²) in [6, 6.07) is 15.5. The summed E-state index contributed by atoms with van der Waals surface area (Å²) in [5.41, 5.74) is 7.85. The number of hydrogen-bond acceptors (Lipinski definition) is 24. The lowest BCUT2D eigenvalue weighted by Gasteiger charge is -2.34. The Morgan fingerprint density at radius 1 is 0.518 bits per heavy atom. The van der Waals surface area contributed by atoms with Gasteiger partial charge in [-0.15, -0.1) is 23.2 Å². The van der Waals surface area contributed by atoms with E-state index < -0.39 is 47.9 Å². The van der Waals surface area contributed by atoms with Crippen LogP contribution in [0.5, 0.6) is 17.2 Å². The molecule has 4 fully saturated rings. The zero-order valence-corrected chi connectivity index (χ0v) is 67.2. The fourth-order valence-electron chi connectivity index (χ4n) is 13.4. The predicted molar refractivity (Wildman–Crippen MR) is 413 cm³/mol. The van der Waals surface area contributed by atoms with E-state index in [0.29, 0.717) is 105 Å². The molecule has 6 aromatic rings. The standard InChI is InChI=1S/C24H29NO6.C22H25NO6.C20H23NO5.C5H10O4S.C4H8O2.CH2Cl2.CH3ClO2S/c1-4-30-24(28)19-11-25-20(14(2)3)8-15-9-23(31-17-5-6-29-13-17)16(12-26)7-18(15)21(25)10-22(19)27;1-12(2)18-6-13-7-21(29-15-3-4-28-11-15)14(10-24)5-16(13)19-8-20(25)17(22(26)27)9-23(18)19;1-4-26-20(25)15-9-21-16(11(2)3)6-12-7-18(23)13(10-22)5-14(12)17(21)8-19(15)24;1-10(6,7)9-5-2-3-8-4-5;5-4-1-2-6-3-4;2-1-3;1-5(2,3)4/h7,9-11,14,17,20,26H,4-6,8,12-13H2,1-3H3;5,7-9,12,15,18,24H,3-4,6,10-11H2,1-2H3,(H,26,27);5,7-9,11,16,22-23H,4,6,10H2,1-3H3;5H,2-4H2,1H3;4-5H,1-3H2;1H2;1H3/t17-,20?;15-,18?;;5-;4-;;/m00.11../s1. The molecule has 7 atom stereocenters. The molecule has 3 aromatic carbocycles. The quantitative estimate of drug-likeness (QED) is 0.0214. The van der Waals surface area contributed by atoms with Gasteiger partial charge in [-0.3, -0.25) is 18.6 Å². The second kappa shape index (κ2) is 41.5. The van der Waals surface area contributed by atoms with Crippen molar-refractivity contribution < 1.29 is 104 Å². The third kappa shape index (κ3) is 24.6. The number of hydrogen-bond donors (Lipinski definition) is 6. The average Bonchev–Trinajstić information content (AvgIpc) is 1.75. The number of carbonyl (C=O) groups excluding carboxylic acids is 2. The molecule has 13 rings (SSSR count). The minimum absolute atomic E-state index is 0.0128. The van der Waals surface area contributed by atoms with Gasteiger partial charge in [-0.1, -0.05) is 41.5 Å². The fraction of sp³-hybridized carbons (Fsp3) is 0.532. The Kier molecular flexibility index (Phi) is 33.9. The van der Waals surface area contributed by atoms with E-state index in [0.717, 1.165) is 83.9 Å². The molecule has 4 saturated heterocycles. The minimum Gasteiger partial charge on any atom is -0.508 e. The van der Waals surface area contributed by atoms with Gasteiger partial charge in [0.15, 0.2) is 16.3 Å². The van der Waals surface area contributed by atoms with E-state index in [1.54, 1.807) is 38.4 Å². The maximum atomic E-state index is 12.7. The number of rotatable bonds is 17. The highest BCUT2D eigenvalue weighted by Gasteiger charge is 2.34. The number of aromatic nitrogens is 3. The van der Waals surface area contributed by atoms with Crippen molar-refractivity contribution in [1.82, 2.24) is 13.7 Å². The molecule has 0 aliphatic carbocycles. The Balaban J connectivity index is 0.000000199. The van der Waals surface area contributed by atoms with Gasteiger partial charge in [-0.25, -0.2) is 22.8 Å². The SMILES string of the molecule is CC(C)C1Cc2cc(O[C@H]3CCOC3)c(CO)cc2-c2cc(=O)c(C(=O)O)cn21.CCOC(=O)c1cn2c(cc1=O)-c1cc(CO)c(O)cc1CC2C(C)C.CCOC(=O)c1cn2c(cc1=O)-c1cc(CO)c(O[C@H]3CCOC3)cc1CC2C(C)C.CS(=O)(=O)Cl.CS(=O)(=O)O[C@@H]1CCOC1.ClCCl.O[C@@H]1CCOC1. The molecule has 3 aromatic heterocycles. The molecule has 0 bridgehead atoms. The highest BCUT2D eigenvalue weighted by atomic mass is 35.7. The highest BCUT2D eigenvalue weighted by Crippen LogP contribution is 2.44. The number of halogens is 3. The van der Waals surface area contributed by atoms with E-state index in [-0.39, 0.29) is 127 Å². The molecule has 6 N–H and O–H groups in total. The maximum absolute atomic E-state index is 12.7. The van der Waals surface area contributed by atoms with Gasteiger partial charge >= 0.3 is 17.9 Å². The molecule has 7 aliphatic heterocycles. The number of alkyl halides is 2. The van der Waals surface area contributed by atoms with Crippen LogP contribution in [0.1, 0.15) is 164 Å². The number of pyridine rings is 3. The van der Waals surface area contributed by atoms with Crippen molar-refractivity contribution in [1.29, 1.82) is 0 Å². The Bertz CT molecular complexity index is 4570. The van der Waals surface area contributed by atoms with Gasteiger partial charge in [0, 0.05) is 131 Å². The van der Waals surface area contributed by atoms with E-state index in [2.05, 4.69) is 56.4 Å². The lowest BCUT2D eigenvalue weighted by Crippen LogP contribution is -2.29. The molecule has 7 aliphatic rings. The number of phenols is 1. The van der Waals surface area contributed by atoms with Crippen LogP contribution in [0.2, 0.25) is 0 Å². The number of carboxylic acid groups (broad SMARTS) is 1. The number of ether oxygens (including phenoxy) is 8. The molecule has 606 valence electrons. The zero-order chi connectivity index (χ0) is 81.1. The number of aliphatic hydroxyl groups is 4. The van der Waals surface area contributed by atoms with Crippen LogP contribution in [-0.4, -0.2) is 187 Å². The Hall–Kier alpha value is -7.27. The van der Waals surface area contributed by atoms with Gasteiger partial charge < -0.3 is 82.2 Å². The molecule has 33 heteroatoms. The Morgan fingerprint density at radius 2 is 0.845 bits per heavy atom. The third-order valence-corrected chi connectivity index (χ3v) is 19.4. The van der Waals surface area contributed by atoms with Crippen LogP contribution >= 0.6 is 33.9 Å². The molecular formula is C77H100Cl3N3O25S2.